The van der Waals surface area contributed by atoms with E-state index < -0.39 is 11.1 Å². The minimum atomic E-state index is -0.839. The molecule has 0 unspecified atom stereocenters. The van der Waals surface area contributed by atoms with Gasteiger partial charge in [-0.25, -0.2) is 9.97 Å². The van der Waals surface area contributed by atoms with E-state index in [0.29, 0.717) is 16.9 Å². The summed E-state index contributed by atoms with van der Waals surface area (Å²) in [5, 5.41) is 3.06. The zero-order valence-electron chi connectivity index (χ0n) is 9.45. The molecule has 0 saturated heterocycles. The van der Waals surface area contributed by atoms with Crippen molar-refractivity contribution >= 4 is 11.8 Å². The van der Waals surface area contributed by atoms with Crippen LogP contribution in [0.1, 0.15) is 5.56 Å². The van der Waals surface area contributed by atoms with Gasteiger partial charge < -0.3 is 5.73 Å². The molecule has 94 valence electrons. The number of H-pyrrole nitrogens is 1. The Balaban J connectivity index is 2.30. The SMILES string of the molecule is Cn1[nH]c(=O)c(=O)nc1Sc1ncc(CN)cn1. The quantitative estimate of drug-likeness (QED) is 0.532. The van der Waals surface area contributed by atoms with Gasteiger partial charge >= 0.3 is 11.1 Å². The Morgan fingerprint density at radius 3 is 2.67 bits per heavy atom. The van der Waals surface area contributed by atoms with Crippen LogP contribution in [0.3, 0.4) is 0 Å². The fourth-order valence-corrected chi connectivity index (χ4v) is 1.82. The summed E-state index contributed by atoms with van der Waals surface area (Å²) in [5.74, 6) is 0. The lowest BCUT2D eigenvalue weighted by Gasteiger charge is -2.04. The average Bonchev–Trinajstić information content (AvgIpc) is 2.37. The van der Waals surface area contributed by atoms with Crippen molar-refractivity contribution in [1.82, 2.24) is 24.7 Å². The number of aryl methyl sites for hydroxylation is 1. The highest BCUT2D eigenvalue weighted by molar-refractivity contribution is 7.99. The second-order valence-electron chi connectivity index (χ2n) is 3.38. The van der Waals surface area contributed by atoms with Gasteiger partial charge in [-0.05, 0) is 11.8 Å². The number of rotatable bonds is 3. The lowest BCUT2D eigenvalue weighted by atomic mass is 10.4. The molecule has 9 heteroatoms. The van der Waals surface area contributed by atoms with Gasteiger partial charge in [0, 0.05) is 31.5 Å². The molecule has 0 aliphatic heterocycles. The summed E-state index contributed by atoms with van der Waals surface area (Å²) in [6.07, 6.45) is 3.19. The molecule has 2 rings (SSSR count). The lowest BCUT2D eigenvalue weighted by Crippen LogP contribution is -2.33. The first kappa shape index (κ1) is 12.5. The van der Waals surface area contributed by atoms with Gasteiger partial charge in [0.15, 0.2) is 10.3 Å². The number of hydrogen-bond acceptors (Lipinski definition) is 7. The van der Waals surface area contributed by atoms with Crippen molar-refractivity contribution in [2.24, 2.45) is 12.8 Å². The number of nitrogens with two attached hydrogens (primary N) is 1. The summed E-state index contributed by atoms with van der Waals surface area (Å²) >= 11 is 1.07. The molecule has 0 spiro atoms. The van der Waals surface area contributed by atoms with Gasteiger partial charge in [0.2, 0.25) is 0 Å². The topological polar surface area (TPSA) is 120 Å². The molecule has 18 heavy (non-hydrogen) atoms. The summed E-state index contributed by atoms with van der Waals surface area (Å²) in [7, 11) is 1.57. The standard InChI is InChI=1S/C9H10N6O2S/c1-15-9(13-6(16)7(17)14-15)18-8-11-3-5(2-10)4-12-8/h3-4H,2,10H2,1H3,(H,14,17). The van der Waals surface area contributed by atoms with Gasteiger partial charge in [0.1, 0.15) is 0 Å². The highest BCUT2D eigenvalue weighted by atomic mass is 32.2. The highest BCUT2D eigenvalue weighted by Gasteiger charge is 2.07. The molecule has 0 aliphatic rings. The van der Waals surface area contributed by atoms with Gasteiger partial charge in [-0.2, -0.15) is 4.98 Å². The van der Waals surface area contributed by atoms with E-state index in [2.05, 4.69) is 20.1 Å². The average molecular weight is 266 g/mol. The number of nitrogens with one attached hydrogen (secondary N) is 1. The zero-order valence-corrected chi connectivity index (χ0v) is 10.3. The number of aromatic amines is 1. The monoisotopic (exact) mass is 266 g/mol. The largest absolute Gasteiger partial charge is 0.339 e. The zero-order chi connectivity index (χ0) is 13.1. The van der Waals surface area contributed by atoms with Crippen LogP contribution in [-0.2, 0) is 13.6 Å². The van der Waals surface area contributed by atoms with Crippen molar-refractivity contribution in [3.05, 3.63) is 38.7 Å². The first-order valence-electron chi connectivity index (χ1n) is 4.96. The van der Waals surface area contributed by atoms with E-state index in [-0.39, 0.29) is 0 Å². The maximum atomic E-state index is 11.1. The summed E-state index contributed by atoms with van der Waals surface area (Å²) < 4.78 is 1.34. The summed E-state index contributed by atoms with van der Waals surface area (Å²) in [6, 6.07) is 0. The molecule has 0 amide bonds. The first-order valence-corrected chi connectivity index (χ1v) is 5.78. The number of aromatic nitrogens is 5. The Kier molecular flexibility index (Phi) is 3.53. The third kappa shape index (κ3) is 2.63. The van der Waals surface area contributed by atoms with Crippen molar-refractivity contribution in [2.45, 2.75) is 16.9 Å². The third-order valence-electron chi connectivity index (χ3n) is 2.05. The summed E-state index contributed by atoms with van der Waals surface area (Å²) in [4.78, 5) is 33.9. The van der Waals surface area contributed by atoms with Gasteiger partial charge in [0.05, 0.1) is 0 Å². The molecular weight excluding hydrogens is 256 g/mol. The van der Waals surface area contributed by atoms with E-state index in [1.807, 2.05) is 0 Å². The normalized spacial score (nSPS) is 10.6. The van der Waals surface area contributed by atoms with Crippen molar-refractivity contribution in [2.75, 3.05) is 0 Å². The van der Waals surface area contributed by atoms with E-state index in [1.165, 1.54) is 4.68 Å². The number of hydrogen-bond donors (Lipinski definition) is 2. The molecule has 2 aromatic rings. The van der Waals surface area contributed by atoms with E-state index >= 15 is 0 Å². The molecule has 0 aliphatic carbocycles. The highest BCUT2D eigenvalue weighted by Crippen LogP contribution is 2.19. The molecule has 2 heterocycles. The summed E-state index contributed by atoms with van der Waals surface area (Å²) in [5.41, 5.74) is 4.64. The van der Waals surface area contributed by atoms with Crippen molar-refractivity contribution in [3.63, 3.8) is 0 Å². The van der Waals surface area contributed by atoms with Gasteiger partial charge in [-0.3, -0.25) is 19.4 Å². The molecule has 0 atom stereocenters. The Morgan fingerprint density at radius 2 is 2.06 bits per heavy atom. The molecule has 0 saturated carbocycles. The second kappa shape index (κ2) is 5.10. The smallest absolute Gasteiger partial charge is 0.326 e. The Bertz CT molecular complexity index is 662. The fraction of sp³-hybridized carbons (Fsp3) is 0.222. The van der Waals surface area contributed by atoms with Crippen LogP contribution >= 0.6 is 11.8 Å². The molecule has 2 aromatic heterocycles. The predicted molar refractivity (Wildman–Crippen MR) is 64.1 cm³/mol. The van der Waals surface area contributed by atoms with Gasteiger partial charge in [-0.1, -0.05) is 0 Å². The van der Waals surface area contributed by atoms with E-state index in [9.17, 15) is 9.59 Å². The minimum Gasteiger partial charge on any atom is -0.326 e. The Labute approximate surface area is 105 Å². The van der Waals surface area contributed by atoms with Crippen LogP contribution in [0.5, 0.6) is 0 Å². The van der Waals surface area contributed by atoms with E-state index in [4.69, 9.17) is 5.73 Å². The fourth-order valence-electron chi connectivity index (χ4n) is 1.13. The molecule has 0 radical (unpaired) electrons. The predicted octanol–water partition coefficient (Wildman–Crippen LogP) is -1.13. The van der Waals surface area contributed by atoms with Crippen LogP contribution in [0.2, 0.25) is 0 Å². The van der Waals surface area contributed by atoms with E-state index in [1.54, 1.807) is 19.4 Å². The maximum Gasteiger partial charge on any atom is 0.339 e. The van der Waals surface area contributed by atoms with Gasteiger partial charge in [0.25, 0.3) is 0 Å². The molecule has 3 N–H and O–H groups in total. The first-order chi connectivity index (χ1) is 8.60. The van der Waals surface area contributed by atoms with Crippen LogP contribution in [-0.4, -0.2) is 24.7 Å². The maximum absolute atomic E-state index is 11.1. The molecule has 0 aromatic carbocycles. The van der Waals surface area contributed by atoms with Crippen molar-refractivity contribution in [3.8, 4) is 0 Å². The molecular formula is C9H10N6O2S. The third-order valence-corrected chi connectivity index (χ3v) is 2.99. The van der Waals surface area contributed by atoms with Gasteiger partial charge in [-0.15, -0.1) is 0 Å². The molecule has 0 bridgehead atoms. The Morgan fingerprint density at radius 1 is 1.39 bits per heavy atom. The van der Waals surface area contributed by atoms with Crippen molar-refractivity contribution in [1.29, 1.82) is 0 Å². The molecule has 8 nitrogen and oxygen atoms in total. The summed E-state index contributed by atoms with van der Waals surface area (Å²) in [6.45, 7) is 0.361. The van der Waals surface area contributed by atoms with Crippen LogP contribution in [0.25, 0.3) is 0 Å². The minimum absolute atomic E-state index is 0.306. The van der Waals surface area contributed by atoms with Crippen LogP contribution in [0.15, 0.2) is 32.3 Å². The Hall–Kier alpha value is -2.00. The lowest BCUT2D eigenvalue weighted by molar-refractivity contribution is 0.595. The number of nitrogens with zero attached hydrogens (tertiary/aromatic N) is 4. The van der Waals surface area contributed by atoms with E-state index in [0.717, 1.165) is 17.3 Å². The van der Waals surface area contributed by atoms with Crippen LogP contribution in [0, 0.1) is 0 Å². The second-order valence-corrected chi connectivity index (χ2v) is 4.31. The molecule has 0 fully saturated rings. The van der Waals surface area contributed by atoms with Crippen molar-refractivity contribution < 1.29 is 0 Å². The van der Waals surface area contributed by atoms with Crippen LogP contribution < -0.4 is 16.9 Å². The van der Waals surface area contributed by atoms with Crippen LogP contribution in [0.4, 0.5) is 0 Å².